The van der Waals surface area contributed by atoms with Gasteiger partial charge < -0.3 is 5.32 Å². The number of rotatable bonds is 3. The SMILES string of the molecule is CNC(I)C1CCCCN1CI. The Morgan fingerprint density at radius 1 is 1.58 bits per heavy atom. The second-order valence-electron chi connectivity index (χ2n) is 3.19. The number of hydrogen-bond donors (Lipinski definition) is 1. The molecule has 72 valence electrons. The summed E-state index contributed by atoms with van der Waals surface area (Å²) in [5.41, 5.74) is 0. The molecule has 2 nitrogen and oxygen atoms in total. The second-order valence-corrected chi connectivity index (χ2v) is 5.21. The summed E-state index contributed by atoms with van der Waals surface area (Å²) >= 11 is 4.97. The highest BCUT2D eigenvalue weighted by Crippen LogP contribution is 2.23. The summed E-state index contributed by atoms with van der Waals surface area (Å²) in [6, 6.07) is 0.751. The van der Waals surface area contributed by atoms with Crippen molar-refractivity contribution in [3.05, 3.63) is 0 Å². The van der Waals surface area contributed by atoms with Crippen molar-refractivity contribution in [3.8, 4) is 0 Å². The van der Waals surface area contributed by atoms with Gasteiger partial charge in [0.2, 0.25) is 0 Å². The maximum atomic E-state index is 3.34. The first-order chi connectivity index (χ1) is 5.79. The highest BCUT2D eigenvalue weighted by Gasteiger charge is 2.26. The third-order valence-corrected chi connectivity index (χ3v) is 4.76. The molecule has 1 fully saturated rings. The van der Waals surface area contributed by atoms with E-state index in [0.717, 1.165) is 6.04 Å². The van der Waals surface area contributed by atoms with Gasteiger partial charge in [-0.2, -0.15) is 0 Å². The topological polar surface area (TPSA) is 15.3 Å². The van der Waals surface area contributed by atoms with Gasteiger partial charge in [0.15, 0.2) is 0 Å². The van der Waals surface area contributed by atoms with E-state index in [1.54, 1.807) is 0 Å². The van der Waals surface area contributed by atoms with E-state index in [2.05, 4.69) is 62.4 Å². The van der Waals surface area contributed by atoms with Crippen LogP contribution in [0.25, 0.3) is 0 Å². The average Bonchev–Trinajstić information content (AvgIpc) is 2.16. The van der Waals surface area contributed by atoms with Crippen LogP contribution in [0.2, 0.25) is 0 Å². The van der Waals surface area contributed by atoms with E-state index in [9.17, 15) is 0 Å². The summed E-state index contributed by atoms with van der Waals surface area (Å²) in [6.07, 6.45) is 4.14. The van der Waals surface area contributed by atoms with E-state index in [1.807, 2.05) is 0 Å². The van der Waals surface area contributed by atoms with Crippen LogP contribution in [0, 0.1) is 0 Å². The monoisotopic (exact) mass is 394 g/mol. The summed E-state index contributed by atoms with van der Waals surface area (Å²) in [4.78, 5) is 2.58. The lowest BCUT2D eigenvalue weighted by Gasteiger charge is -2.37. The Balaban J connectivity index is 2.46. The van der Waals surface area contributed by atoms with E-state index in [4.69, 9.17) is 0 Å². The zero-order chi connectivity index (χ0) is 8.97. The number of likely N-dealkylation sites (N-methyl/N-ethyl adjacent to an activating group) is 1. The number of hydrogen-bond acceptors (Lipinski definition) is 2. The van der Waals surface area contributed by atoms with Crippen LogP contribution < -0.4 is 5.32 Å². The molecule has 1 aliphatic rings. The summed E-state index contributed by atoms with van der Waals surface area (Å²) in [5, 5.41) is 3.34. The lowest BCUT2D eigenvalue weighted by Crippen LogP contribution is -2.48. The first-order valence-electron chi connectivity index (χ1n) is 4.41. The summed E-state index contributed by atoms with van der Waals surface area (Å²) in [6.45, 7) is 1.29. The van der Waals surface area contributed by atoms with Crippen LogP contribution in [-0.2, 0) is 0 Å². The number of halogens is 2. The largest absolute Gasteiger partial charge is 0.307 e. The fourth-order valence-corrected chi connectivity index (χ4v) is 3.35. The molecule has 0 aliphatic carbocycles. The molecule has 1 heterocycles. The molecular formula is C8H16I2N2. The quantitative estimate of drug-likeness (QED) is 0.449. The highest BCUT2D eigenvalue weighted by molar-refractivity contribution is 14.1. The third-order valence-electron chi connectivity index (χ3n) is 2.43. The minimum Gasteiger partial charge on any atom is -0.307 e. The standard InChI is InChI=1S/C8H16I2N2/c1-11-8(10)7-4-2-3-5-12(7)6-9/h7-8,11H,2-6H2,1H3. The molecule has 2 unspecified atom stereocenters. The molecule has 4 heteroatoms. The van der Waals surface area contributed by atoms with E-state index in [0.29, 0.717) is 4.05 Å². The number of likely N-dealkylation sites (tertiary alicyclic amines) is 1. The number of nitrogens with zero attached hydrogens (tertiary/aromatic N) is 1. The molecule has 1 rings (SSSR count). The Hall–Kier alpha value is 1.38. The van der Waals surface area contributed by atoms with Crippen molar-refractivity contribution < 1.29 is 0 Å². The van der Waals surface area contributed by atoms with Crippen LogP contribution in [0.4, 0.5) is 0 Å². The molecule has 0 spiro atoms. The number of piperidine rings is 1. The van der Waals surface area contributed by atoms with Crippen molar-refractivity contribution in [2.75, 3.05) is 18.1 Å². The van der Waals surface area contributed by atoms with E-state index >= 15 is 0 Å². The molecule has 0 bridgehead atoms. The molecule has 0 saturated carbocycles. The van der Waals surface area contributed by atoms with Crippen LogP contribution in [0.3, 0.4) is 0 Å². The second kappa shape index (κ2) is 5.98. The van der Waals surface area contributed by atoms with Gasteiger partial charge in [0.1, 0.15) is 0 Å². The highest BCUT2D eigenvalue weighted by atomic mass is 127. The van der Waals surface area contributed by atoms with Gasteiger partial charge in [-0.25, -0.2) is 0 Å². The fourth-order valence-electron chi connectivity index (χ4n) is 1.69. The van der Waals surface area contributed by atoms with Gasteiger partial charge in [0, 0.05) is 6.04 Å². The first kappa shape index (κ1) is 11.5. The zero-order valence-electron chi connectivity index (χ0n) is 7.39. The normalized spacial score (nSPS) is 28.8. The van der Waals surface area contributed by atoms with Crippen LogP contribution in [-0.4, -0.2) is 33.1 Å². The van der Waals surface area contributed by atoms with Gasteiger partial charge >= 0.3 is 0 Å². The van der Waals surface area contributed by atoms with Crippen molar-refractivity contribution in [1.82, 2.24) is 10.2 Å². The third kappa shape index (κ3) is 2.95. The van der Waals surface area contributed by atoms with Gasteiger partial charge in [-0.3, -0.25) is 4.90 Å². The van der Waals surface area contributed by atoms with Gasteiger partial charge in [0.25, 0.3) is 0 Å². The van der Waals surface area contributed by atoms with E-state index < -0.39 is 0 Å². The maximum absolute atomic E-state index is 3.34. The molecule has 1 saturated heterocycles. The minimum atomic E-state index is 0.609. The molecule has 0 aromatic carbocycles. The Labute approximate surface area is 102 Å². The lowest BCUT2D eigenvalue weighted by molar-refractivity contribution is 0.175. The number of nitrogens with one attached hydrogen (secondary N) is 1. The van der Waals surface area contributed by atoms with Crippen molar-refractivity contribution >= 4 is 45.2 Å². The first-order valence-corrected chi connectivity index (χ1v) is 7.18. The predicted octanol–water partition coefficient (Wildman–Crippen LogP) is 2.21. The van der Waals surface area contributed by atoms with Crippen molar-refractivity contribution in [3.63, 3.8) is 0 Å². The molecule has 2 atom stereocenters. The Bertz CT molecular complexity index is 132. The van der Waals surface area contributed by atoms with Crippen molar-refractivity contribution in [2.45, 2.75) is 29.4 Å². The van der Waals surface area contributed by atoms with Crippen LogP contribution >= 0.6 is 45.2 Å². The summed E-state index contributed by atoms with van der Waals surface area (Å²) in [7, 11) is 2.05. The van der Waals surface area contributed by atoms with Crippen LogP contribution in [0.15, 0.2) is 0 Å². The van der Waals surface area contributed by atoms with E-state index in [1.165, 1.54) is 30.4 Å². The Morgan fingerprint density at radius 3 is 2.92 bits per heavy atom. The van der Waals surface area contributed by atoms with Crippen molar-refractivity contribution in [2.24, 2.45) is 0 Å². The number of alkyl halides is 2. The van der Waals surface area contributed by atoms with Crippen LogP contribution in [0.1, 0.15) is 19.3 Å². The molecule has 0 aromatic rings. The summed E-state index contributed by atoms with van der Waals surface area (Å²) in [5.74, 6) is 0. The average molecular weight is 394 g/mol. The molecule has 1 aliphatic heterocycles. The Morgan fingerprint density at radius 2 is 2.33 bits per heavy atom. The smallest absolute Gasteiger partial charge is 0.0749 e. The molecule has 0 radical (unpaired) electrons. The maximum Gasteiger partial charge on any atom is 0.0749 e. The molecule has 1 N–H and O–H groups in total. The molecule has 0 aromatic heterocycles. The molecular weight excluding hydrogens is 378 g/mol. The van der Waals surface area contributed by atoms with Gasteiger partial charge in [-0.15, -0.1) is 0 Å². The van der Waals surface area contributed by atoms with Gasteiger partial charge in [-0.05, 0) is 26.4 Å². The molecule has 0 amide bonds. The zero-order valence-corrected chi connectivity index (χ0v) is 11.7. The van der Waals surface area contributed by atoms with Gasteiger partial charge in [-0.1, -0.05) is 51.6 Å². The fraction of sp³-hybridized carbons (Fsp3) is 1.00. The molecule has 12 heavy (non-hydrogen) atoms. The summed E-state index contributed by atoms with van der Waals surface area (Å²) < 4.78 is 1.78. The van der Waals surface area contributed by atoms with E-state index in [-0.39, 0.29) is 0 Å². The Kier molecular flexibility index (Phi) is 5.70. The van der Waals surface area contributed by atoms with Crippen molar-refractivity contribution in [1.29, 1.82) is 0 Å². The minimum absolute atomic E-state index is 0.609. The van der Waals surface area contributed by atoms with Crippen LogP contribution in [0.5, 0.6) is 0 Å². The lowest BCUT2D eigenvalue weighted by atomic mass is 10.0. The van der Waals surface area contributed by atoms with Gasteiger partial charge in [0.05, 0.1) is 8.60 Å². The predicted molar refractivity (Wildman–Crippen MR) is 70.1 cm³/mol.